The van der Waals surface area contributed by atoms with Crippen molar-refractivity contribution in [3.05, 3.63) is 149 Å². The van der Waals surface area contributed by atoms with Crippen molar-refractivity contribution in [3.8, 4) is 39.5 Å². The van der Waals surface area contributed by atoms with Gasteiger partial charge in [0.25, 0.3) is 8.32 Å². The maximum Gasteiger partial charge on any atom is 0.277 e. The Bertz CT molecular complexity index is 2710. The van der Waals surface area contributed by atoms with Crippen LogP contribution in [0.3, 0.4) is 0 Å². The maximum atomic E-state index is 9.16. The topological polar surface area (TPSA) is 18.5 Å². The molecule has 0 aliphatic carbocycles. The number of fused-ring (bicyclic) bond motifs is 4. The van der Waals surface area contributed by atoms with Crippen LogP contribution in [0.1, 0.15) is 59.5 Å². The number of benzene rings is 6. The molecular formula is C46H46O2SSi2. The fourth-order valence-electron chi connectivity index (χ4n) is 8.15. The molecule has 0 fully saturated rings. The van der Waals surface area contributed by atoms with Gasteiger partial charge >= 0.3 is 0 Å². The van der Waals surface area contributed by atoms with Crippen LogP contribution in [0.15, 0.2) is 120 Å². The van der Waals surface area contributed by atoms with E-state index in [0.29, 0.717) is 61.2 Å². The van der Waals surface area contributed by atoms with Gasteiger partial charge in [-0.3, -0.25) is 0 Å². The number of para-hydroxylation sites is 3. The predicted octanol–water partition coefficient (Wildman–Crippen LogP) is 11.0. The van der Waals surface area contributed by atoms with Crippen molar-refractivity contribution in [2.24, 2.45) is 0 Å². The van der Waals surface area contributed by atoms with E-state index in [9.17, 15) is 0 Å². The highest BCUT2D eigenvalue weighted by Crippen LogP contribution is 2.52. The van der Waals surface area contributed by atoms with Crippen molar-refractivity contribution >= 4 is 42.3 Å². The highest BCUT2D eigenvalue weighted by atomic mass is 32.4. The van der Waals surface area contributed by atoms with Crippen LogP contribution in [-0.2, 0) is 5.41 Å². The molecule has 0 spiro atoms. The van der Waals surface area contributed by atoms with Crippen LogP contribution < -0.4 is 24.7 Å². The monoisotopic (exact) mass is 727 g/mol. The molecule has 0 aromatic heterocycles. The van der Waals surface area contributed by atoms with E-state index in [0.717, 1.165) is 21.0 Å². The number of ether oxygens (including phenoxy) is 1. The predicted molar refractivity (Wildman–Crippen MR) is 222 cm³/mol. The van der Waals surface area contributed by atoms with Gasteiger partial charge < -0.3 is 9.16 Å². The van der Waals surface area contributed by atoms with Crippen LogP contribution in [0, 0.1) is 27.6 Å². The Morgan fingerprint density at radius 2 is 1.29 bits per heavy atom. The summed E-state index contributed by atoms with van der Waals surface area (Å²) in [4.78, 5) is 1.06. The summed E-state index contributed by atoms with van der Waals surface area (Å²) in [5.74, 6) is 1.43. The molecule has 256 valence electrons. The number of hydrogen-bond donors (Lipinski definition) is 0. The first-order chi connectivity index (χ1) is 28.0. The highest BCUT2D eigenvalue weighted by molar-refractivity contribution is 8.31. The van der Waals surface area contributed by atoms with E-state index in [-0.39, 0.29) is 11.1 Å². The summed E-state index contributed by atoms with van der Waals surface area (Å²) < 4.78 is 94.1. The Labute approximate surface area is 322 Å². The minimum Gasteiger partial charge on any atom is -0.540 e. The van der Waals surface area contributed by atoms with E-state index in [1.807, 2.05) is 56.3 Å². The Kier molecular flexibility index (Phi) is 5.91. The second-order valence-electron chi connectivity index (χ2n) is 14.5. The number of rotatable bonds is 3. The van der Waals surface area contributed by atoms with Gasteiger partial charge in [0.15, 0.2) is 7.22 Å². The van der Waals surface area contributed by atoms with Crippen molar-refractivity contribution in [2.45, 2.75) is 71.3 Å². The summed E-state index contributed by atoms with van der Waals surface area (Å²) in [6.07, 6.45) is 0. The number of aryl methyl sites for hydroxylation is 2. The second kappa shape index (κ2) is 12.1. The lowest BCUT2D eigenvalue weighted by Crippen LogP contribution is -2.60. The average molecular weight is 728 g/mol. The standard InChI is InChI=1S/C46H46O2SSi2/c1-29-25-27-33(31(3)43(29)35-17-16-19-37-44(35)47-38-20-11-10-18-36(38)46(37,5)6)34-28-26-30(2)45(32(34)4)51(9)41-23-14-12-21-39(41)48-50(7,8)42-24-15-13-22-40(42)49-51/h10-28H,1-9H3/i2D3,3D3,5D3. The Hall–Kier alpha value is -4.30. The molecule has 2 atom stereocenters. The van der Waals surface area contributed by atoms with Gasteiger partial charge in [0.05, 0.1) is 0 Å². The summed E-state index contributed by atoms with van der Waals surface area (Å²) in [6, 6.07) is 35.7. The molecule has 0 amide bonds. The van der Waals surface area contributed by atoms with Crippen LogP contribution in [0.2, 0.25) is 19.6 Å². The second-order valence-corrected chi connectivity index (χ2v) is 25.1. The molecule has 0 radical (unpaired) electrons. The van der Waals surface area contributed by atoms with Crippen molar-refractivity contribution in [1.82, 2.24) is 0 Å². The average Bonchev–Trinajstić information content (AvgIpc) is 3.16. The van der Waals surface area contributed by atoms with E-state index in [4.69, 9.17) is 21.5 Å². The highest BCUT2D eigenvalue weighted by Gasteiger charge is 2.44. The zero-order chi connectivity index (χ0) is 43.4. The van der Waals surface area contributed by atoms with E-state index >= 15 is 0 Å². The van der Waals surface area contributed by atoms with Gasteiger partial charge in [0.2, 0.25) is 0 Å². The lowest BCUT2D eigenvalue weighted by atomic mass is 9.74. The minimum atomic E-state index is -3.19. The first-order valence-electron chi connectivity index (χ1n) is 21.8. The summed E-state index contributed by atoms with van der Waals surface area (Å²) in [7, 11) is -5.66. The van der Waals surface area contributed by atoms with Gasteiger partial charge in [-0.2, -0.15) is 0 Å². The molecule has 2 unspecified atom stereocenters. The third-order valence-electron chi connectivity index (χ3n) is 10.7. The largest absolute Gasteiger partial charge is 0.540 e. The summed E-state index contributed by atoms with van der Waals surface area (Å²) in [6.45, 7) is 4.36. The molecule has 2 aliphatic heterocycles. The molecule has 8 rings (SSSR count). The SMILES string of the molecule is [2H]C([2H])([2H])c1ccc(-c2ccc(C)c(-c3cccc4c3Oc3ccccc3C4(C)C([2H])([2H])[2H])c2C([2H])([2H])[2H])c(C)c1[Si]1(C)Sc2ccccc2[Si](C)(C)Oc2ccccc21. The molecule has 6 aromatic rings. The van der Waals surface area contributed by atoms with Crippen molar-refractivity contribution in [1.29, 1.82) is 0 Å². The molecule has 0 N–H and O–H groups in total. The summed E-state index contributed by atoms with van der Waals surface area (Å²) >= 11 is 1.73. The van der Waals surface area contributed by atoms with E-state index in [1.165, 1.54) is 0 Å². The fourth-order valence-corrected chi connectivity index (χ4v) is 19.0. The first-order valence-corrected chi connectivity index (χ1v) is 24.2. The lowest BCUT2D eigenvalue weighted by Gasteiger charge is -2.39. The molecule has 2 nitrogen and oxygen atoms in total. The minimum absolute atomic E-state index is 0.0728. The lowest BCUT2D eigenvalue weighted by molar-refractivity contribution is 0.419. The molecule has 0 saturated carbocycles. The normalized spacial score (nSPS) is 23.4. The first kappa shape index (κ1) is 24.8. The van der Waals surface area contributed by atoms with Crippen molar-refractivity contribution in [2.75, 3.05) is 0 Å². The Morgan fingerprint density at radius 1 is 0.627 bits per heavy atom. The summed E-state index contributed by atoms with van der Waals surface area (Å²) in [5, 5.41) is 2.79. The van der Waals surface area contributed by atoms with Crippen LogP contribution in [0.4, 0.5) is 0 Å². The van der Waals surface area contributed by atoms with Gasteiger partial charge in [-0.05, 0) is 108 Å². The van der Waals surface area contributed by atoms with E-state index in [2.05, 4.69) is 37.8 Å². The maximum absolute atomic E-state index is 9.16. The third-order valence-corrected chi connectivity index (χ3v) is 20.5. The van der Waals surface area contributed by atoms with Crippen molar-refractivity contribution in [3.63, 3.8) is 0 Å². The van der Waals surface area contributed by atoms with Gasteiger partial charge in [0.1, 0.15) is 17.2 Å². The zero-order valence-electron chi connectivity index (χ0n) is 38.7. The van der Waals surface area contributed by atoms with Gasteiger partial charge in [0, 0.05) is 39.3 Å². The van der Waals surface area contributed by atoms with Gasteiger partial charge in [-0.25, -0.2) is 0 Å². The van der Waals surface area contributed by atoms with Crippen LogP contribution >= 0.6 is 11.2 Å². The van der Waals surface area contributed by atoms with Crippen LogP contribution in [-0.4, -0.2) is 15.5 Å². The molecule has 6 aromatic carbocycles. The molecule has 0 bridgehead atoms. The van der Waals surface area contributed by atoms with Crippen LogP contribution in [0.25, 0.3) is 22.3 Å². The van der Waals surface area contributed by atoms with E-state index < -0.39 is 41.5 Å². The number of hydrogen-bond acceptors (Lipinski definition) is 3. The van der Waals surface area contributed by atoms with Crippen LogP contribution in [0.5, 0.6) is 17.2 Å². The fraction of sp³-hybridized carbons (Fsp3) is 0.217. The smallest absolute Gasteiger partial charge is 0.277 e. The Balaban J connectivity index is 1.43. The quantitative estimate of drug-likeness (QED) is 0.169. The van der Waals surface area contributed by atoms with Gasteiger partial charge in [-0.15, -0.1) is 11.2 Å². The Morgan fingerprint density at radius 3 is 2.06 bits per heavy atom. The molecule has 51 heavy (non-hydrogen) atoms. The van der Waals surface area contributed by atoms with E-state index in [1.54, 1.807) is 72.7 Å². The molecule has 2 heterocycles. The zero-order valence-corrected chi connectivity index (χ0v) is 32.5. The summed E-state index contributed by atoms with van der Waals surface area (Å²) in [5.41, 5.74) is 3.08. The third kappa shape index (κ3) is 5.27. The van der Waals surface area contributed by atoms with Gasteiger partial charge in [-0.1, -0.05) is 123 Å². The molecule has 5 heteroatoms. The van der Waals surface area contributed by atoms with Crippen molar-refractivity contribution < 1.29 is 21.5 Å². The molecule has 0 saturated heterocycles. The molecular weight excluding hydrogens is 673 g/mol. The molecule has 2 aliphatic rings.